The third-order valence-corrected chi connectivity index (χ3v) is 4.01. The van der Waals surface area contributed by atoms with E-state index in [1.807, 2.05) is 0 Å². The van der Waals surface area contributed by atoms with Gasteiger partial charge in [-0.05, 0) is 24.4 Å². The molecule has 0 bridgehead atoms. The van der Waals surface area contributed by atoms with Gasteiger partial charge < -0.3 is 9.64 Å². The molecule has 5 nitrogen and oxygen atoms in total. The lowest BCUT2D eigenvalue weighted by Crippen LogP contribution is -2.53. The Balaban J connectivity index is 1.91. The largest absolute Gasteiger partial charge is 0.374 e. The lowest BCUT2D eigenvalue weighted by Gasteiger charge is -2.44. The molecule has 1 aliphatic carbocycles. The first-order valence-corrected chi connectivity index (χ1v) is 6.95. The van der Waals surface area contributed by atoms with Crippen LogP contribution in [0.3, 0.4) is 0 Å². The molecule has 1 aromatic rings. The summed E-state index contributed by atoms with van der Waals surface area (Å²) in [6.45, 7) is 1.47. The summed E-state index contributed by atoms with van der Waals surface area (Å²) in [4.78, 5) is 6.39. The normalized spacial score (nSPS) is 28.0. The number of morpholine rings is 1. The molecule has 0 amide bonds. The lowest BCUT2D eigenvalue weighted by molar-refractivity contribution is -0.00901. The minimum atomic E-state index is 0.133. The molecule has 7 heteroatoms. The predicted octanol–water partition coefficient (Wildman–Crippen LogP) is 2.33. The maximum absolute atomic E-state index is 6.08. The fraction of sp³-hybridized carbons (Fsp3) is 0.727. The van der Waals surface area contributed by atoms with Crippen LogP contribution in [0.5, 0.6) is 0 Å². The van der Waals surface area contributed by atoms with E-state index in [9.17, 15) is 0 Å². The van der Waals surface area contributed by atoms with Gasteiger partial charge in [-0.25, -0.2) is 0 Å². The van der Waals surface area contributed by atoms with Gasteiger partial charge in [0.05, 0.1) is 18.8 Å². The fourth-order valence-electron chi connectivity index (χ4n) is 2.83. The van der Waals surface area contributed by atoms with E-state index in [0.717, 1.165) is 19.4 Å². The summed E-state index contributed by atoms with van der Waals surface area (Å²) in [5, 5.41) is 7.93. The van der Waals surface area contributed by atoms with Crippen LogP contribution in [0, 0.1) is 0 Å². The molecule has 1 aromatic heterocycles. The Morgan fingerprint density at radius 3 is 2.89 bits per heavy atom. The lowest BCUT2D eigenvalue weighted by atomic mass is 9.90. The van der Waals surface area contributed by atoms with Gasteiger partial charge in [0.1, 0.15) is 0 Å². The van der Waals surface area contributed by atoms with Crippen molar-refractivity contribution in [3.63, 3.8) is 0 Å². The Morgan fingerprint density at radius 1 is 1.17 bits per heavy atom. The van der Waals surface area contributed by atoms with E-state index in [4.69, 9.17) is 27.9 Å². The monoisotopic (exact) mass is 288 g/mol. The summed E-state index contributed by atoms with van der Waals surface area (Å²) < 4.78 is 5.82. The Morgan fingerprint density at radius 2 is 2.00 bits per heavy atom. The average molecular weight is 289 g/mol. The molecular formula is C11H14Cl2N4O. The van der Waals surface area contributed by atoms with E-state index < -0.39 is 0 Å². The number of fused-ring (bicyclic) bond motifs is 1. The standard InChI is InChI=1S/C11H14Cl2N4O/c12-9-10(14-11(13)16-15-9)17-5-6-18-8-4-2-1-3-7(8)17/h7-8H,1-6H2. The van der Waals surface area contributed by atoms with Gasteiger partial charge >= 0.3 is 0 Å². The molecule has 2 unspecified atom stereocenters. The van der Waals surface area contributed by atoms with E-state index in [2.05, 4.69) is 20.1 Å². The van der Waals surface area contributed by atoms with Gasteiger partial charge in [-0.2, -0.15) is 4.98 Å². The van der Waals surface area contributed by atoms with Crippen molar-refractivity contribution in [1.29, 1.82) is 0 Å². The predicted molar refractivity (Wildman–Crippen MR) is 69.2 cm³/mol. The van der Waals surface area contributed by atoms with E-state index in [1.165, 1.54) is 12.8 Å². The van der Waals surface area contributed by atoms with Gasteiger partial charge in [0.2, 0.25) is 5.28 Å². The molecule has 1 aliphatic heterocycles. The van der Waals surface area contributed by atoms with E-state index >= 15 is 0 Å². The molecule has 0 aromatic carbocycles. The van der Waals surface area contributed by atoms with Crippen molar-refractivity contribution in [1.82, 2.24) is 15.2 Å². The maximum atomic E-state index is 6.08. The van der Waals surface area contributed by atoms with Gasteiger partial charge in [0.25, 0.3) is 0 Å². The van der Waals surface area contributed by atoms with Crippen LogP contribution >= 0.6 is 23.2 Å². The SMILES string of the molecule is Clc1nnc(Cl)c(N2CCOC3CCCCC32)n1. The third-order valence-electron chi connectivity index (χ3n) is 3.61. The summed E-state index contributed by atoms with van der Waals surface area (Å²) >= 11 is 11.9. The molecule has 0 N–H and O–H groups in total. The molecule has 2 fully saturated rings. The van der Waals surface area contributed by atoms with Crippen LogP contribution in [-0.4, -0.2) is 40.5 Å². The van der Waals surface area contributed by atoms with Gasteiger partial charge in [-0.3, -0.25) is 0 Å². The molecule has 0 radical (unpaired) electrons. The second kappa shape index (κ2) is 5.15. The van der Waals surface area contributed by atoms with Crippen molar-refractivity contribution in [3.05, 3.63) is 10.4 Å². The maximum Gasteiger partial charge on any atom is 0.245 e. The highest BCUT2D eigenvalue weighted by Gasteiger charge is 2.36. The first kappa shape index (κ1) is 12.4. The Bertz CT molecular complexity index is 443. The number of halogens is 2. The van der Waals surface area contributed by atoms with E-state index in [0.29, 0.717) is 23.6 Å². The van der Waals surface area contributed by atoms with Crippen molar-refractivity contribution in [2.45, 2.75) is 37.8 Å². The first-order chi connectivity index (χ1) is 8.75. The molecule has 0 spiro atoms. The molecular weight excluding hydrogens is 275 g/mol. The van der Waals surface area contributed by atoms with E-state index in [1.54, 1.807) is 0 Å². The number of aromatic nitrogens is 3. The second-order valence-electron chi connectivity index (χ2n) is 4.65. The highest BCUT2D eigenvalue weighted by Crippen LogP contribution is 2.33. The molecule has 3 rings (SSSR count). The molecule has 2 aliphatic rings. The van der Waals surface area contributed by atoms with Crippen LogP contribution in [0.4, 0.5) is 5.82 Å². The first-order valence-electron chi connectivity index (χ1n) is 6.19. The highest BCUT2D eigenvalue weighted by atomic mass is 35.5. The number of hydrogen-bond donors (Lipinski definition) is 0. The molecule has 1 saturated heterocycles. The van der Waals surface area contributed by atoms with Crippen LogP contribution in [-0.2, 0) is 4.74 Å². The van der Waals surface area contributed by atoms with Gasteiger partial charge in [-0.1, -0.05) is 24.4 Å². The average Bonchev–Trinajstić information content (AvgIpc) is 2.41. The highest BCUT2D eigenvalue weighted by molar-refractivity contribution is 6.32. The zero-order valence-corrected chi connectivity index (χ0v) is 11.4. The smallest absolute Gasteiger partial charge is 0.245 e. The van der Waals surface area contributed by atoms with Crippen LogP contribution in [0.2, 0.25) is 10.4 Å². The van der Waals surface area contributed by atoms with E-state index in [-0.39, 0.29) is 11.4 Å². The molecule has 1 saturated carbocycles. The second-order valence-corrected chi connectivity index (χ2v) is 5.35. The minimum absolute atomic E-state index is 0.133. The van der Waals surface area contributed by atoms with Crippen LogP contribution in [0.15, 0.2) is 0 Å². The number of ether oxygens (including phenoxy) is 1. The summed E-state index contributed by atoms with van der Waals surface area (Å²) in [7, 11) is 0. The molecule has 98 valence electrons. The van der Waals surface area contributed by atoms with Crippen molar-refractivity contribution in [2.24, 2.45) is 0 Å². The van der Waals surface area contributed by atoms with Crippen LogP contribution in [0.25, 0.3) is 0 Å². The minimum Gasteiger partial charge on any atom is -0.374 e. The molecule has 18 heavy (non-hydrogen) atoms. The Kier molecular flexibility index (Phi) is 3.54. The Labute approximate surface area is 115 Å². The summed E-state index contributed by atoms with van der Waals surface area (Å²) in [5.74, 6) is 0.636. The number of rotatable bonds is 1. The van der Waals surface area contributed by atoms with Gasteiger partial charge in [-0.15, -0.1) is 10.2 Å². The van der Waals surface area contributed by atoms with Crippen molar-refractivity contribution in [3.8, 4) is 0 Å². The topological polar surface area (TPSA) is 51.1 Å². The third kappa shape index (κ3) is 2.27. The summed E-state index contributed by atoms with van der Waals surface area (Å²) in [6.07, 6.45) is 4.92. The van der Waals surface area contributed by atoms with Crippen molar-refractivity contribution >= 4 is 29.0 Å². The van der Waals surface area contributed by atoms with Gasteiger partial charge in [0, 0.05) is 6.54 Å². The van der Waals surface area contributed by atoms with Crippen LogP contribution in [0.1, 0.15) is 25.7 Å². The van der Waals surface area contributed by atoms with Gasteiger partial charge in [0.15, 0.2) is 11.0 Å². The molecule has 2 atom stereocenters. The zero-order chi connectivity index (χ0) is 12.5. The number of anilines is 1. The summed E-state index contributed by atoms with van der Waals surface area (Å²) in [6, 6.07) is 0.331. The van der Waals surface area contributed by atoms with Crippen molar-refractivity contribution < 1.29 is 4.74 Å². The summed E-state index contributed by atoms with van der Waals surface area (Å²) in [5.41, 5.74) is 0. The van der Waals surface area contributed by atoms with Crippen LogP contribution < -0.4 is 4.90 Å². The fourth-order valence-corrected chi connectivity index (χ4v) is 3.13. The quantitative estimate of drug-likeness (QED) is 0.794. The number of hydrogen-bond acceptors (Lipinski definition) is 5. The molecule has 2 heterocycles. The Hall–Kier alpha value is -0.650. The van der Waals surface area contributed by atoms with Crippen molar-refractivity contribution in [2.75, 3.05) is 18.1 Å². The zero-order valence-electron chi connectivity index (χ0n) is 9.85. The number of nitrogens with zero attached hydrogens (tertiary/aromatic N) is 4.